The van der Waals surface area contributed by atoms with Crippen molar-refractivity contribution in [3.8, 4) is 0 Å². The van der Waals surface area contributed by atoms with E-state index >= 15 is 0 Å². The number of carbonyl (C=O) groups is 3. The summed E-state index contributed by atoms with van der Waals surface area (Å²) in [6.07, 6.45) is 6.70. The third kappa shape index (κ3) is 3.96. The minimum absolute atomic E-state index is 0.0000772. The van der Waals surface area contributed by atoms with Gasteiger partial charge in [-0.05, 0) is 82.5 Å². The highest BCUT2D eigenvalue weighted by Crippen LogP contribution is 2.88. The molecule has 4 saturated carbocycles. The normalized spacial score (nSPS) is 34.8. The van der Waals surface area contributed by atoms with E-state index < -0.39 is 49.9 Å². The highest BCUT2D eigenvalue weighted by atomic mass is 32.2. The van der Waals surface area contributed by atoms with E-state index in [0.717, 1.165) is 25.7 Å². The van der Waals surface area contributed by atoms with Gasteiger partial charge in [0.1, 0.15) is 17.2 Å². The standard InChI is InChI=1S/C29H47N3O6S/c1-8-11-26(14-15-26)39(36,37)31-22(34)29(16-19(29)9-2)30-21(33)20-17-28(25(6,7)27(28)12-10-13-27)18-32(20)23(35)38-24(3,4)5/h19-20H,8-18H2,1-7H3,(H,30,33)(H,31,34)/t19-,20+,28-,29-/m1/s1. The van der Waals surface area contributed by atoms with Crippen LogP contribution in [0.15, 0.2) is 0 Å². The molecule has 4 aliphatic carbocycles. The Labute approximate surface area is 233 Å². The van der Waals surface area contributed by atoms with Crippen molar-refractivity contribution in [1.29, 1.82) is 0 Å². The molecule has 1 aliphatic heterocycles. The molecule has 220 valence electrons. The lowest BCUT2D eigenvalue weighted by Crippen LogP contribution is -2.57. The second-order valence-electron chi connectivity index (χ2n) is 14.6. The summed E-state index contributed by atoms with van der Waals surface area (Å²) < 4.78 is 33.5. The Morgan fingerprint density at radius 1 is 1.00 bits per heavy atom. The SMILES string of the molecule is CCCC1(S(=O)(=O)NC(=O)[C@@]2(NC(=O)[C@@H]3C[C@@]4(CN3C(=O)OC(C)(C)C)C(C)(C)C43CCC3)C[C@H]2CC)CC1. The van der Waals surface area contributed by atoms with E-state index in [4.69, 9.17) is 4.74 Å². The molecule has 0 aromatic carbocycles. The lowest BCUT2D eigenvalue weighted by Gasteiger charge is -2.32. The van der Waals surface area contributed by atoms with Crippen LogP contribution >= 0.6 is 0 Å². The molecule has 3 amide bonds. The van der Waals surface area contributed by atoms with E-state index in [1.165, 1.54) is 0 Å². The van der Waals surface area contributed by atoms with Gasteiger partial charge in [0.05, 0.1) is 4.75 Å². The van der Waals surface area contributed by atoms with Crippen molar-refractivity contribution in [2.45, 2.75) is 135 Å². The van der Waals surface area contributed by atoms with Gasteiger partial charge in [0, 0.05) is 12.0 Å². The van der Waals surface area contributed by atoms with E-state index in [1.54, 1.807) is 25.7 Å². The minimum atomic E-state index is -3.85. The van der Waals surface area contributed by atoms with Crippen molar-refractivity contribution in [2.24, 2.45) is 22.2 Å². The molecule has 1 heterocycles. The maximum atomic E-state index is 14.0. The number of hydrogen-bond donors (Lipinski definition) is 2. The smallest absolute Gasteiger partial charge is 0.410 e. The Kier molecular flexibility index (Phi) is 6.31. The number of carbonyl (C=O) groups excluding carboxylic acids is 3. The highest BCUT2D eigenvalue weighted by molar-refractivity contribution is 7.91. The molecule has 5 aliphatic rings. The first-order chi connectivity index (χ1) is 18.0. The van der Waals surface area contributed by atoms with Crippen molar-refractivity contribution < 1.29 is 27.5 Å². The maximum absolute atomic E-state index is 14.0. The summed E-state index contributed by atoms with van der Waals surface area (Å²) in [5, 5.41) is 2.98. The van der Waals surface area contributed by atoms with Gasteiger partial charge in [-0.2, -0.15) is 0 Å². The van der Waals surface area contributed by atoms with Crippen LogP contribution in [0, 0.1) is 22.2 Å². The molecule has 0 bridgehead atoms. The average molecular weight is 566 g/mol. The van der Waals surface area contributed by atoms with Crippen LogP contribution in [0.2, 0.25) is 0 Å². The van der Waals surface area contributed by atoms with Crippen LogP contribution in [0.1, 0.15) is 113 Å². The van der Waals surface area contributed by atoms with E-state index in [2.05, 4.69) is 23.9 Å². The summed E-state index contributed by atoms with van der Waals surface area (Å²) in [6.45, 7) is 14.2. The molecule has 4 atom stereocenters. The van der Waals surface area contributed by atoms with Crippen molar-refractivity contribution in [3.05, 3.63) is 0 Å². The second-order valence-corrected chi connectivity index (χ2v) is 16.7. The minimum Gasteiger partial charge on any atom is -0.444 e. The zero-order valence-corrected chi connectivity index (χ0v) is 25.6. The molecular formula is C29H47N3O6S. The monoisotopic (exact) mass is 565 g/mol. The van der Waals surface area contributed by atoms with Crippen molar-refractivity contribution in [1.82, 2.24) is 14.9 Å². The van der Waals surface area contributed by atoms with Gasteiger partial charge in [-0.25, -0.2) is 13.2 Å². The number of sulfonamides is 1. The quantitative estimate of drug-likeness (QED) is 0.454. The zero-order chi connectivity index (χ0) is 28.9. The van der Waals surface area contributed by atoms with E-state index in [-0.39, 0.29) is 22.2 Å². The number of nitrogens with zero attached hydrogens (tertiary/aromatic N) is 1. The first-order valence-corrected chi connectivity index (χ1v) is 16.3. The summed E-state index contributed by atoms with van der Waals surface area (Å²) in [4.78, 5) is 42.5. The molecule has 0 aromatic heterocycles. The van der Waals surface area contributed by atoms with Gasteiger partial charge in [-0.1, -0.05) is 47.0 Å². The number of nitrogens with one attached hydrogen (secondary N) is 2. The first-order valence-electron chi connectivity index (χ1n) is 14.9. The number of ether oxygens (including phenoxy) is 1. The van der Waals surface area contributed by atoms with Crippen LogP contribution in [-0.2, 0) is 24.3 Å². The van der Waals surface area contributed by atoms with Gasteiger partial charge >= 0.3 is 6.09 Å². The zero-order valence-electron chi connectivity index (χ0n) is 24.7. The molecule has 5 rings (SSSR count). The fraction of sp³-hybridized carbons (Fsp3) is 0.897. The predicted molar refractivity (Wildman–Crippen MR) is 147 cm³/mol. The Balaban J connectivity index is 1.38. The Morgan fingerprint density at radius 2 is 1.64 bits per heavy atom. The molecule has 10 heteroatoms. The maximum Gasteiger partial charge on any atom is 0.410 e. The third-order valence-electron chi connectivity index (χ3n) is 11.4. The summed E-state index contributed by atoms with van der Waals surface area (Å²) in [6, 6.07) is -0.770. The summed E-state index contributed by atoms with van der Waals surface area (Å²) in [7, 11) is -3.85. The number of hydrogen-bond acceptors (Lipinski definition) is 6. The lowest BCUT2D eigenvalue weighted by atomic mass is 9.73. The summed E-state index contributed by atoms with van der Waals surface area (Å²) >= 11 is 0. The second kappa shape index (κ2) is 8.58. The Hall–Kier alpha value is -1.84. The van der Waals surface area contributed by atoms with Crippen LogP contribution < -0.4 is 10.0 Å². The highest BCUT2D eigenvalue weighted by Gasteiger charge is 2.85. The van der Waals surface area contributed by atoms with Crippen LogP contribution in [0.3, 0.4) is 0 Å². The van der Waals surface area contributed by atoms with Crippen LogP contribution in [0.25, 0.3) is 0 Å². The van der Waals surface area contributed by atoms with Crippen LogP contribution in [-0.4, -0.2) is 59.7 Å². The van der Waals surface area contributed by atoms with E-state index in [1.807, 2.05) is 13.8 Å². The summed E-state index contributed by atoms with van der Waals surface area (Å²) in [5.41, 5.74) is -2.02. The Morgan fingerprint density at radius 3 is 2.08 bits per heavy atom. The topological polar surface area (TPSA) is 122 Å². The van der Waals surface area contributed by atoms with Gasteiger partial charge in [-0.15, -0.1) is 0 Å². The lowest BCUT2D eigenvalue weighted by molar-refractivity contribution is -0.132. The molecule has 2 spiro atoms. The molecule has 0 unspecified atom stereocenters. The van der Waals surface area contributed by atoms with Gasteiger partial charge in [-0.3, -0.25) is 19.2 Å². The molecule has 2 N–H and O–H groups in total. The third-order valence-corrected chi connectivity index (χ3v) is 13.6. The Bertz CT molecular complexity index is 1180. The van der Waals surface area contributed by atoms with Crippen LogP contribution in [0.4, 0.5) is 4.79 Å². The van der Waals surface area contributed by atoms with E-state index in [9.17, 15) is 22.8 Å². The van der Waals surface area contributed by atoms with Gasteiger partial charge in [0.25, 0.3) is 5.91 Å². The first kappa shape index (κ1) is 28.7. The molecule has 1 saturated heterocycles. The number of amides is 3. The summed E-state index contributed by atoms with van der Waals surface area (Å²) in [5.74, 6) is -1.20. The molecule has 0 aromatic rings. The molecule has 0 radical (unpaired) electrons. The average Bonchev–Trinajstić information content (AvgIpc) is 3.70. The van der Waals surface area contributed by atoms with Crippen molar-refractivity contribution in [3.63, 3.8) is 0 Å². The number of rotatable bonds is 8. The molecule has 9 nitrogen and oxygen atoms in total. The fourth-order valence-corrected chi connectivity index (χ4v) is 10.3. The van der Waals surface area contributed by atoms with Crippen molar-refractivity contribution in [2.75, 3.05) is 6.54 Å². The molecule has 39 heavy (non-hydrogen) atoms. The predicted octanol–water partition coefficient (Wildman–Crippen LogP) is 4.26. The largest absolute Gasteiger partial charge is 0.444 e. The number of fused-ring (bicyclic) bond motifs is 1. The molecule has 5 fully saturated rings. The molecular weight excluding hydrogens is 518 g/mol. The van der Waals surface area contributed by atoms with Crippen LogP contribution in [0.5, 0.6) is 0 Å². The van der Waals surface area contributed by atoms with Gasteiger partial charge in [0.2, 0.25) is 15.9 Å². The van der Waals surface area contributed by atoms with Gasteiger partial charge in [0.15, 0.2) is 0 Å². The fourth-order valence-electron chi connectivity index (χ4n) is 8.53. The van der Waals surface area contributed by atoms with E-state index in [0.29, 0.717) is 45.1 Å². The van der Waals surface area contributed by atoms with Gasteiger partial charge < -0.3 is 10.1 Å². The van der Waals surface area contributed by atoms with Crippen molar-refractivity contribution >= 4 is 27.9 Å². The number of likely N-dealkylation sites (tertiary alicyclic amines) is 1.